The molecule has 2 N–H and O–H groups in total. The van der Waals surface area contributed by atoms with E-state index < -0.39 is 11.9 Å². The van der Waals surface area contributed by atoms with Crippen molar-refractivity contribution in [3.8, 4) is 0 Å². The molecule has 1 saturated heterocycles. The molecule has 0 aromatic carbocycles. The maximum Gasteiger partial charge on any atom is 0.307 e. The molecule has 1 amide bonds. The quantitative estimate of drug-likeness (QED) is 0.786. The van der Waals surface area contributed by atoms with Crippen LogP contribution in [-0.2, 0) is 14.3 Å². The van der Waals surface area contributed by atoms with E-state index in [1.54, 1.807) is 0 Å². The van der Waals surface area contributed by atoms with Crippen molar-refractivity contribution in [2.24, 2.45) is 17.8 Å². The largest absolute Gasteiger partial charge is 0.481 e. The average Bonchev–Trinajstić information content (AvgIpc) is 2.86. The van der Waals surface area contributed by atoms with Crippen LogP contribution >= 0.6 is 0 Å². The summed E-state index contributed by atoms with van der Waals surface area (Å²) in [4.78, 5) is 23.0. The molecule has 1 saturated carbocycles. The third-order valence-corrected chi connectivity index (χ3v) is 3.99. The van der Waals surface area contributed by atoms with E-state index in [-0.39, 0.29) is 11.8 Å². The minimum atomic E-state index is -0.839. The molecule has 0 bridgehead atoms. The fraction of sp³-hybridized carbons (Fsp3) is 0.846. The van der Waals surface area contributed by atoms with Gasteiger partial charge in [0.05, 0.1) is 18.4 Å². The number of hydrogen-bond acceptors (Lipinski definition) is 3. The van der Waals surface area contributed by atoms with Gasteiger partial charge < -0.3 is 15.2 Å². The van der Waals surface area contributed by atoms with Crippen LogP contribution in [-0.4, -0.2) is 36.7 Å². The lowest BCUT2D eigenvalue weighted by molar-refractivity contribution is -0.146. The summed E-state index contributed by atoms with van der Waals surface area (Å²) in [6, 6.07) is 0. The maximum atomic E-state index is 12.0. The van der Waals surface area contributed by atoms with Gasteiger partial charge in [0.25, 0.3) is 0 Å². The molecular weight excluding hydrogens is 234 g/mol. The Balaban J connectivity index is 1.78. The van der Waals surface area contributed by atoms with Crippen LogP contribution in [0.3, 0.4) is 0 Å². The zero-order chi connectivity index (χ0) is 13.0. The van der Waals surface area contributed by atoms with Crippen LogP contribution in [0.1, 0.15) is 32.1 Å². The van der Waals surface area contributed by atoms with Gasteiger partial charge >= 0.3 is 5.97 Å². The number of amides is 1. The van der Waals surface area contributed by atoms with E-state index in [4.69, 9.17) is 9.84 Å². The predicted molar refractivity (Wildman–Crippen MR) is 65.0 cm³/mol. The van der Waals surface area contributed by atoms with Crippen molar-refractivity contribution in [3.63, 3.8) is 0 Å². The summed E-state index contributed by atoms with van der Waals surface area (Å²) < 4.78 is 5.35. The Labute approximate surface area is 107 Å². The lowest BCUT2D eigenvalue weighted by Gasteiger charge is -2.23. The van der Waals surface area contributed by atoms with Crippen molar-refractivity contribution in [1.29, 1.82) is 0 Å². The second-order valence-corrected chi connectivity index (χ2v) is 5.31. The molecule has 2 fully saturated rings. The van der Waals surface area contributed by atoms with Gasteiger partial charge in [-0.05, 0) is 31.6 Å². The fourth-order valence-corrected chi connectivity index (χ4v) is 2.91. The van der Waals surface area contributed by atoms with E-state index in [2.05, 4.69) is 5.32 Å². The molecule has 0 aromatic heterocycles. The molecule has 2 rings (SSSR count). The first kappa shape index (κ1) is 13.3. The first-order valence-corrected chi connectivity index (χ1v) is 6.76. The molecule has 0 aromatic rings. The van der Waals surface area contributed by atoms with E-state index in [1.165, 1.54) is 0 Å². The highest BCUT2D eigenvalue weighted by molar-refractivity contribution is 5.85. The van der Waals surface area contributed by atoms with Crippen molar-refractivity contribution in [3.05, 3.63) is 0 Å². The van der Waals surface area contributed by atoms with Crippen LogP contribution in [0.2, 0.25) is 0 Å². The van der Waals surface area contributed by atoms with Crippen molar-refractivity contribution < 1.29 is 19.4 Å². The number of hydrogen-bond donors (Lipinski definition) is 2. The van der Waals surface area contributed by atoms with Crippen LogP contribution in [0.4, 0.5) is 0 Å². The monoisotopic (exact) mass is 255 g/mol. The van der Waals surface area contributed by atoms with E-state index >= 15 is 0 Å². The van der Waals surface area contributed by atoms with Gasteiger partial charge in [-0.15, -0.1) is 0 Å². The molecule has 1 unspecified atom stereocenters. The van der Waals surface area contributed by atoms with Crippen molar-refractivity contribution >= 4 is 11.9 Å². The highest BCUT2D eigenvalue weighted by atomic mass is 16.5. The van der Waals surface area contributed by atoms with Gasteiger partial charge in [0.15, 0.2) is 0 Å². The Morgan fingerprint density at radius 2 is 1.94 bits per heavy atom. The Morgan fingerprint density at radius 3 is 2.61 bits per heavy atom. The van der Waals surface area contributed by atoms with E-state index in [0.717, 1.165) is 25.9 Å². The number of nitrogens with one attached hydrogen (secondary N) is 1. The molecule has 102 valence electrons. The SMILES string of the molecule is O=C(O)[C@H]1CCC[C@H]1C(=O)NCC1CCCOC1. The molecule has 0 spiro atoms. The topological polar surface area (TPSA) is 75.6 Å². The second kappa shape index (κ2) is 6.18. The lowest BCUT2D eigenvalue weighted by atomic mass is 9.95. The molecule has 18 heavy (non-hydrogen) atoms. The number of aliphatic carboxylic acids is 1. The Kier molecular flexibility index (Phi) is 4.58. The Hall–Kier alpha value is -1.10. The Morgan fingerprint density at radius 1 is 1.17 bits per heavy atom. The van der Waals surface area contributed by atoms with Crippen LogP contribution in [0.15, 0.2) is 0 Å². The molecule has 1 aliphatic carbocycles. The standard InChI is InChI=1S/C13H21NO4/c15-12(10-4-1-5-11(10)13(16)17)14-7-9-3-2-6-18-8-9/h9-11H,1-8H2,(H,14,15)(H,16,17)/t9?,10-,11+/m1/s1. The van der Waals surface area contributed by atoms with Crippen LogP contribution < -0.4 is 5.32 Å². The smallest absolute Gasteiger partial charge is 0.307 e. The summed E-state index contributed by atoms with van der Waals surface area (Å²) in [6.45, 7) is 2.13. The number of ether oxygens (including phenoxy) is 1. The zero-order valence-corrected chi connectivity index (χ0v) is 10.6. The first-order valence-electron chi connectivity index (χ1n) is 6.76. The van der Waals surface area contributed by atoms with Gasteiger partial charge in [-0.25, -0.2) is 0 Å². The lowest BCUT2D eigenvalue weighted by Crippen LogP contribution is -2.39. The first-order chi connectivity index (χ1) is 8.68. The summed E-state index contributed by atoms with van der Waals surface area (Å²) in [5.41, 5.74) is 0. The van der Waals surface area contributed by atoms with Gasteiger partial charge in [-0.1, -0.05) is 6.42 Å². The summed E-state index contributed by atoms with van der Waals surface area (Å²) in [5.74, 6) is -1.38. The highest BCUT2D eigenvalue weighted by Crippen LogP contribution is 2.32. The van der Waals surface area contributed by atoms with Crippen molar-refractivity contribution in [1.82, 2.24) is 5.32 Å². The van der Waals surface area contributed by atoms with Gasteiger partial charge in [-0.2, -0.15) is 0 Å². The second-order valence-electron chi connectivity index (χ2n) is 5.31. The normalized spacial score (nSPS) is 32.1. The molecular formula is C13H21NO4. The predicted octanol–water partition coefficient (Wildman–Crippen LogP) is 1.03. The molecule has 0 radical (unpaired) electrons. The number of carbonyl (C=O) groups excluding carboxylic acids is 1. The third kappa shape index (κ3) is 3.22. The minimum Gasteiger partial charge on any atom is -0.481 e. The molecule has 5 nitrogen and oxygen atoms in total. The van der Waals surface area contributed by atoms with Gasteiger partial charge in [-0.3, -0.25) is 9.59 Å². The summed E-state index contributed by atoms with van der Waals surface area (Å²) >= 11 is 0. The maximum absolute atomic E-state index is 12.0. The molecule has 3 atom stereocenters. The number of carboxylic acids is 1. The third-order valence-electron chi connectivity index (χ3n) is 3.99. The molecule has 2 aliphatic rings. The number of rotatable bonds is 4. The van der Waals surface area contributed by atoms with Crippen LogP contribution in [0, 0.1) is 17.8 Å². The van der Waals surface area contributed by atoms with Gasteiger partial charge in [0.2, 0.25) is 5.91 Å². The van der Waals surface area contributed by atoms with Gasteiger partial charge in [0, 0.05) is 13.2 Å². The average molecular weight is 255 g/mol. The van der Waals surface area contributed by atoms with Crippen molar-refractivity contribution in [2.45, 2.75) is 32.1 Å². The Bertz CT molecular complexity index is 312. The van der Waals surface area contributed by atoms with E-state index in [9.17, 15) is 9.59 Å². The van der Waals surface area contributed by atoms with Crippen LogP contribution in [0.25, 0.3) is 0 Å². The van der Waals surface area contributed by atoms with E-state index in [0.29, 0.717) is 31.9 Å². The number of carbonyl (C=O) groups is 2. The molecule has 5 heteroatoms. The summed E-state index contributed by atoms with van der Waals surface area (Å²) in [6.07, 6.45) is 4.28. The van der Waals surface area contributed by atoms with Crippen molar-refractivity contribution in [2.75, 3.05) is 19.8 Å². The van der Waals surface area contributed by atoms with Gasteiger partial charge in [0.1, 0.15) is 0 Å². The van der Waals surface area contributed by atoms with Crippen LogP contribution in [0.5, 0.6) is 0 Å². The molecule has 1 aliphatic heterocycles. The zero-order valence-electron chi connectivity index (χ0n) is 10.6. The highest BCUT2D eigenvalue weighted by Gasteiger charge is 2.37. The minimum absolute atomic E-state index is 0.0922. The molecule has 1 heterocycles. The van der Waals surface area contributed by atoms with E-state index in [1.807, 2.05) is 0 Å². The fourth-order valence-electron chi connectivity index (χ4n) is 2.91. The summed E-state index contributed by atoms with van der Waals surface area (Å²) in [7, 11) is 0. The number of carboxylic acid groups (broad SMARTS) is 1. The summed E-state index contributed by atoms with van der Waals surface area (Å²) in [5, 5.41) is 11.9.